The van der Waals surface area contributed by atoms with Crippen LogP contribution in [0.3, 0.4) is 0 Å². The maximum Gasteiger partial charge on any atom is 0.0788 e. The van der Waals surface area contributed by atoms with Crippen LogP contribution in [0.5, 0.6) is 0 Å². The zero-order chi connectivity index (χ0) is 34.0. The van der Waals surface area contributed by atoms with E-state index in [-0.39, 0.29) is 0 Å². The zero-order valence-corrected chi connectivity index (χ0v) is 28.0. The first-order chi connectivity index (χ1) is 25.3. The van der Waals surface area contributed by atoms with Crippen molar-refractivity contribution in [1.82, 2.24) is 4.98 Å². The predicted molar refractivity (Wildman–Crippen MR) is 216 cm³/mol. The summed E-state index contributed by atoms with van der Waals surface area (Å²) in [5, 5.41) is 3.55. The molecule has 0 amide bonds. The number of para-hydroxylation sites is 1. The van der Waals surface area contributed by atoms with Gasteiger partial charge in [0.05, 0.1) is 11.2 Å². The van der Waals surface area contributed by atoms with Gasteiger partial charge in [-0.15, -0.1) is 0 Å². The van der Waals surface area contributed by atoms with Crippen LogP contribution in [-0.4, -0.2) is 4.98 Å². The fraction of sp³-hybridized carbons (Fsp3) is 0. The van der Waals surface area contributed by atoms with Crippen LogP contribution >= 0.6 is 0 Å². The van der Waals surface area contributed by atoms with E-state index in [0.717, 1.165) is 50.3 Å². The fourth-order valence-corrected chi connectivity index (χ4v) is 7.11. The second kappa shape index (κ2) is 13.3. The number of benzene rings is 8. The molecule has 1 heterocycles. The molecule has 0 aliphatic carbocycles. The van der Waals surface area contributed by atoms with Gasteiger partial charge >= 0.3 is 0 Å². The average molecular weight is 651 g/mol. The molecule has 0 spiro atoms. The first-order valence-corrected chi connectivity index (χ1v) is 17.4. The molecule has 2 nitrogen and oxygen atoms in total. The summed E-state index contributed by atoms with van der Waals surface area (Å²) in [5.74, 6) is 0. The molecule has 0 saturated heterocycles. The fourth-order valence-electron chi connectivity index (χ4n) is 7.11. The predicted octanol–water partition coefficient (Wildman–Crippen LogP) is 13.5. The molecule has 8 aromatic carbocycles. The van der Waals surface area contributed by atoms with E-state index in [9.17, 15) is 0 Å². The van der Waals surface area contributed by atoms with Crippen LogP contribution < -0.4 is 4.90 Å². The van der Waals surface area contributed by atoms with Crippen LogP contribution in [0.1, 0.15) is 0 Å². The van der Waals surface area contributed by atoms with Crippen molar-refractivity contribution in [2.24, 2.45) is 0 Å². The van der Waals surface area contributed by atoms with Crippen molar-refractivity contribution in [2.45, 2.75) is 0 Å². The van der Waals surface area contributed by atoms with Gasteiger partial charge in [0.1, 0.15) is 0 Å². The molecule has 51 heavy (non-hydrogen) atoms. The maximum absolute atomic E-state index is 5.18. The Bertz CT molecular complexity index is 2530. The molecule has 0 fully saturated rings. The highest BCUT2D eigenvalue weighted by Crippen LogP contribution is 2.39. The molecule has 0 bridgehead atoms. The van der Waals surface area contributed by atoms with Gasteiger partial charge in [-0.05, 0) is 87.3 Å². The van der Waals surface area contributed by atoms with Crippen molar-refractivity contribution in [3.05, 3.63) is 206 Å². The van der Waals surface area contributed by atoms with Gasteiger partial charge in [0.15, 0.2) is 0 Å². The van der Waals surface area contributed by atoms with E-state index in [1.54, 1.807) is 0 Å². The summed E-state index contributed by atoms with van der Waals surface area (Å²) in [6.45, 7) is 0. The van der Waals surface area contributed by atoms with E-state index < -0.39 is 0 Å². The molecule has 0 atom stereocenters. The largest absolute Gasteiger partial charge is 0.310 e. The first-order valence-electron chi connectivity index (χ1n) is 17.4. The molecule has 240 valence electrons. The molecule has 0 aliphatic heterocycles. The monoisotopic (exact) mass is 650 g/mol. The third-order valence-corrected chi connectivity index (χ3v) is 9.65. The van der Waals surface area contributed by atoms with Crippen molar-refractivity contribution in [3.63, 3.8) is 0 Å². The third kappa shape index (κ3) is 5.94. The second-order valence-electron chi connectivity index (χ2n) is 12.8. The van der Waals surface area contributed by atoms with Gasteiger partial charge < -0.3 is 4.90 Å². The summed E-state index contributed by atoms with van der Waals surface area (Å²) >= 11 is 0. The molecule has 9 rings (SSSR count). The Morgan fingerprint density at radius 2 is 0.725 bits per heavy atom. The molecule has 2 heteroatoms. The van der Waals surface area contributed by atoms with Gasteiger partial charge in [-0.25, -0.2) is 4.98 Å². The molecule has 9 aromatic rings. The van der Waals surface area contributed by atoms with Crippen LogP contribution in [0.4, 0.5) is 17.1 Å². The highest BCUT2D eigenvalue weighted by atomic mass is 15.1. The summed E-state index contributed by atoms with van der Waals surface area (Å²) in [7, 11) is 0. The Morgan fingerprint density at radius 1 is 0.275 bits per heavy atom. The minimum Gasteiger partial charge on any atom is -0.310 e. The molecule has 0 saturated carbocycles. The lowest BCUT2D eigenvalue weighted by atomic mass is 9.97. The van der Waals surface area contributed by atoms with Gasteiger partial charge in [-0.3, -0.25) is 0 Å². The number of hydrogen-bond acceptors (Lipinski definition) is 2. The van der Waals surface area contributed by atoms with Gasteiger partial charge in [-0.1, -0.05) is 158 Å². The van der Waals surface area contributed by atoms with E-state index in [1.807, 2.05) is 0 Å². The highest BCUT2D eigenvalue weighted by molar-refractivity contribution is 6.11. The van der Waals surface area contributed by atoms with Gasteiger partial charge in [0, 0.05) is 33.4 Å². The summed E-state index contributed by atoms with van der Waals surface area (Å²) in [4.78, 5) is 7.53. The number of fused-ring (bicyclic) bond motifs is 3. The SMILES string of the molecule is c1ccc(-c2ccc(N(c3ccc(-c4ccccc4)cc3)c3cccc(-c4cccc(-c5nc6ccccc6c6ccccc56)c4)c3)cc2)cc1. The Hall–Kier alpha value is -6.77. The van der Waals surface area contributed by atoms with Crippen molar-refractivity contribution in [1.29, 1.82) is 0 Å². The molecular formula is C49H34N2. The van der Waals surface area contributed by atoms with Crippen molar-refractivity contribution in [3.8, 4) is 44.6 Å². The topological polar surface area (TPSA) is 16.1 Å². The van der Waals surface area contributed by atoms with Crippen LogP contribution in [-0.2, 0) is 0 Å². The van der Waals surface area contributed by atoms with Crippen LogP contribution in [0.2, 0.25) is 0 Å². The van der Waals surface area contributed by atoms with Crippen molar-refractivity contribution >= 4 is 38.7 Å². The lowest BCUT2D eigenvalue weighted by Gasteiger charge is -2.26. The van der Waals surface area contributed by atoms with Crippen molar-refractivity contribution in [2.75, 3.05) is 4.90 Å². The second-order valence-corrected chi connectivity index (χ2v) is 12.8. The molecule has 0 radical (unpaired) electrons. The number of nitrogens with zero attached hydrogens (tertiary/aromatic N) is 2. The number of aromatic nitrogens is 1. The lowest BCUT2D eigenvalue weighted by molar-refractivity contribution is 1.28. The molecule has 0 N–H and O–H groups in total. The standard InChI is InChI=1S/C49H34N2/c1-3-13-35(14-4-1)37-25-29-42(30-26-37)51(43-31-27-38(28-32-43)36-15-5-2-6-16-36)44-20-12-18-40(34-44)39-17-11-19-41(33-39)49-47-23-8-7-21-45(47)46-22-9-10-24-48(46)50-49/h1-34H. The minimum absolute atomic E-state index is 1.00. The molecule has 0 aliphatic rings. The van der Waals surface area contributed by atoms with E-state index in [0.29, 0.717) is 0 Å². The Balaban J connectivity index is 1.13. The Kier molecular flexibility index (Phi) is 7.88. The quantitative estimate of drug-likeness (QED) is 0.160. The van der Waals surface area contributed by atoms with Crippen LogP contribution in [0.25, 0.3) is 66.3 Å². The third-order valence-electron chi connectivity index (χ3n) is 9.65. The average Bonchev–Trinajstić information content (AvgIpc) is 3.22. The number of rotatable bonds is 7. The Labute approximate surface area is 298 Å². The van der Waals surface area contributed by atoms with Gasteiger partial charge in [0.2, 0.25) is 0 Å². The normalized spacial score (nSPS) is 11.1. The smallest absolute Gasteiger partial charge is 0.0788 e. The van der Waals surface area contributed by atoms with Crippen LogP contribution in [0.15, 0.2) is 206 Å². The maximum atomic E-state index is 5.18. The lowest BCUT2D eigenvalue weighted by Crippen LogP contribution is -2.10. The van der Waals surface area contributed by atoms with Gasteiger partial charge in [0.25, 0.3) is 0 Å². The molecule has 0 unspecified atom stereocenters. The summed E-state index contributed by atoms with van der Waals surface area (Å²) in [6.07, 6.45) is 0. The van der Waals surface area contributed by atoms with E-state index >= 15 is 0 Å². The van der Waals surface area contributed by atoms with Crippen LogP contribution in [0, 0.1) is 0 Å². The summed E-state index contributed by atoms with van der Waals surface area (Å²) in [6, 6.07) is 73.4. The van der Waals surface area contributed by atoms with Crippen molar-refractivity contribution < 1.29 is 0 Å². The Morgan fingerprint density at radius 3 is 1.35 bits per heavy atom. The number of hydrogen-bond donors (Lipinski definition) is 0. The van der Waals surface area contributed by atoms with E-state index in [2.05, 4.69) is 211 Å². The minimum atomic E-state index is 1.00. The summed E-state index contributed by atoms with van der Waals surface area (Å²) < 4.78 is 0. The summed E-state index contributed by atoms with van der Waals surface area (Å²) in [5.41, 5.74) is 13.5. The van der Waals surface area contributed by atoms with E-state index in [4.69, 9.17) is 4.98 Å². The van der Waals surface area contributed by atoms with Gasteiger partial charge in [-0.2, -0.15) is 0 Å². The van der Waals surface area contributed by atoms with E-state index in [1.165, 1.54) is 33.0 Å². The number of anilines is 3. The highest BCUT2D eigenvalue weighted by Gasteiger charge is 2.16. The number of pyridine rings is 1. The molecular weight excluding hydrogens is 617 g/mol. The zero-order valence-electron chi connectivity index (χ0n) is 28.0. The molecule has 1 aromatic heterocycles. The first kappa shape index (κ1) is 30.3.